The number of benzene rings is 1. The summed E-state index contributed by atoms with van der Waals surface area (Å²) in [5.41, 5.74) is 1.00. The minimum atomic E-state index is -1.39. The van der Waals surface area contributed by atoms with E-state index in [1.54, 1.807) is 23.0 Å². The van der Waals surface area contributed by atoms with Crippen molar-refractivity contribution in [3.8, 4) is 11.5 Å². The largest absolute Gasteiger partial charge is 0.548 e. The zero-order valence-corrected chi connectivity index (χ0v) is 18.2. The number of amides is 2. The van der Waals surface area contributed by atoms with Crippen LogP contribution in [-0.4, -0.2) is 74.0 Å². The van der Waals surface area contributed by atoms with Gasteiger partial charge < -0.3 is 33.9 Å². The Kier molecular flexibility index (Phi) is 4.15. The highest BCUT2D eigenvalue weighted by molar-refractivity contribution is 6.38. The standard InChI is InChI=1S/C23H24N2O8/c1-31-13-6-11-12(7-14(13)32-2)25-17(26)8-15(33-9-18(27)28)19-10-5-16-23(11,21(19)25)3-4-24(16)22(30)20(10)29/h6-7,10,15-16,19,21H,3-5,8-9H2,1-2H3,(H,27,28)/p-1/t10-,15+,16+,19-,21+,23-/m0/s1. The molecule has 3 saturated heterocycles. The van der Waals surface area contributed by atoms with Gasteiger partial charge in [-0.05, 0) is 24.5 Å². The SMILES string of the molecule is COc1cc2c(cc1OC)[C@@]13CCN4C(=O)C(=O)[C@@H](C[C@@H]41)[C@H]1[C@H](OCC(=O)[O-])CC(=O)N2[C@H]13. The zero-order valence-electron chi connectivity index (χ0n) is 18.2. The normalized spacial score (nSPS) is 35.5. The first-order valence-electron chi connectivity index (χ1n) is 11.1. The number of ketones is 1. The van der Waals surface area contributed by atoms with Gasteiger partial charge in [0.1, 0.15) is 0 Å². The van der Waals surface area contributed by atoms with E-state index in [4.69, 9.17) is 14.2 Å². The molecule has 2 bridgehead atoms. The summed E-state index contributed by atoms with van der Waals surface area (Å²) < 4.78 is 16.7. The number of carboxylic acids is 1. The van der Waals surface area contributed by atoms with Crippen molar-refractivity contribution in [2.24, 2.45) is 11.8 Å². The lowest BCUT2D eigenvalue weighted by Crippen LogP contribution is -2.71. The average molecular weight is 455 g/mol. The quantitative estimate of drug-likeness (QED) is 0.519. The Morgan fingerprint density at radius 1 is 1.18 bits per heavy atom. The number of aliphatic carboxylic acids is 1. The number of ether oxygens (including phenoxy) is 3. The average Bonchev–Trinajstić information content (AvgIpc) is 3.34. The molecule has 1 saturated carbocycles. The van der Waals surface area contributed by atoms with Crippen LogP contribution < -0.4 is 19.5 Å². The number of anilines is 1. The molecule has 1 aromatic carbocycles. The third-order valence-corrected chi connectivity index (χ3v) is 8.41. The van der Waals surface area contributed by atoms with Crippen LogP contribution in [0.5, 0.6) is 11.5 Å². The molecular weight excluding hydrogens is 432 g/mol. The fraction of sp³-hybridized carbons (Fsp3) is 0.565. The fourth-order valence-corrected chi connectivity index (χ4v) is 7.34. The van der Waals surface area contributed by atoms with E-state index in [1.807, 2.05) is 6.07 Å². The van der Waals surface area contributed by atoms with E-state index < -0.39 is 53.7 Å². The third kappa shape index (κ3) is 2.36. The minimum Gasteiger partial charge on any atom is -0.548 e. The predicted octanol–water partition coefficient (Wildman–Crippen LogP) is -0.985. The van der Waals surface area contributed by atoms with E-state index >= 15 is 0 Å². The van der Waals surface area contributed by atoms with Crippen LogP contribution in [0.4, 0.5) is 5.69 Å². The Bertz CT molecular complexity index is 1120. The number of hydrogen-bond acceptors (Lipinski definition) is 8. The Labute approximate surface area is 189 Å². The first-order valence-corrected chi connectivity index (χ1v) is 11.1. The van der Waals surface area contributed by atoms with E-state index in [2.05, 4.69) is 0 Å². The monoisotopic (exact) mass is 455 g/mol. The molecule has 4 fully saturated rings. The molecule has 33 heavy (non-hydrogen) atoms. The molecule has 10 nitrogen and oxygen atoms in total. The van der Waals surface area contributed by atoms with Gasteiger partial charge in [0.15, 0.2) is 11.5 Å². The molecule has 6 atom stereocenters. The van der Waals surface area contributed by atoms with Gasteiger partial charge in [-0.1, -0.05) is 0 Å². The maximum absolute atomic E-state index is 13.5. The highest BCUT2D eigenvalue weighted by atomic mass is 16.5. The molecule has 4 heterocycles. The molecule has 0 N–H and O–H groups in total. The molecule has 0 radical (unpaired) electrons. The molecule has 6 rings (SSSR count). The molecule has 2 amide bonds. The molecule has 0 aromatic heterocycles. The van der Waals surface area contributed by atoms with Crippen molar-refractivity contribution in [3.63, 3.8) is 0 Å². The first kappa shape index (κ1) is 20.5. The Balaban J connectivity index is 1.58. The number of nitrogens with zero attached hydrogens (tertiary/aromatic N) is 2. The fourth-order valence-electron chi connectivity index (χ4n) is 7.34. The van der Waals surface area contributed by atoms with Gasteiger partial charge in [-0.3, -0.25) is 14.4 Å². The molecule has 5 aliphatic rings. The van der Waals surface area contributed by atoms with E-state index in [0.717, 1.165) is 5.56 Å². The van der Waals surface area contributed by atoms with E-state index in [-0.39, 0.29) is 18.4 Å². The number of hydrogen-bond donors (Lipinski definition) is 0. The second-order valence-corrected chi connectivity index (χ2v) is 9.45. The van der Waals surface area contributed by atoms with Crippen LogP contribution in [-0.2, 0) is 29.3 Å². The Morgan fingerprint density at radius 3 is 2.61 bits per heavy atom. The van der Waals surface area contributed by atoms with Gasteiger partial charge in [0.2, 0.25) is 11.7 Å². The van der Waals surface area contributed by atoms with Crippen LogP contribution in [0, 0.1) is 11.8 Å². The lowest BCUT2D eigenvalue weighted by molar-refractivity contribution is -0.311. The van der Waals surface area contributed by atoms with Gasteiger partial charge in [-0.25, -0.2) is 0 Å². The van der Waals surface area contributed by atoms with Crippen LogP contribution in [0.2, 0.25) is 0 Å². The van der Waals surface area contributed by atoms with Crippen LogP contribution in [0.3, 0.4) is 0 Å². The van der Waals surface area contributed by atoms with Crippen molar-refractivity contribution in [1.29, 1.82) is 0 Å². The number of carboxylic acid groups (broad SMARTS) is 1. The number of carbonyl (C=O) groups is 4. The summed E-state index contributed by atoms with van der Waals surface area (Å²) in [6.45, 7) is -0.251. The molecule has 0 unspecified atom stereocenters. The molecule has 10 heteroatoms. The van der Waals surface area contributed by atoms with E-state index in [9.17, 15) is 24.3 Å². The number of methoxy groups -OCH3 is 2. The van der Waals surface area contributed by atoms with Crippen LogP contribution in [0.25, 0.3) is 0 Å². The maximum Gasteiger partial charge on any atom is 0.290 e. The second-order valence-electron chi connectivity index (χ2n) is 9.45. The second kappa shape index (κ2) is 6.69. The lowest BCUT2D eigenvalue weighted by Gasteiger charge is -2.57. The summed E-state index contributed by atoms with van der Waals surface area (Å²) in [5, 5.41) is 11.1. The summed E-state index contributed by atoms with van der Waals surface area (Å²) in [7, 11) is 3.07. The first-order chi connectivity index (χ1) is 15.8. The molecular formula is C23H23N2O8-. The summed E-state index contributed by atoms with van der Waals surface area (Å²) in [6.07, 6.45) is 0.183. The van der Waals surface area contributed by atoms with Crippen molar-refractivity contribution < 1.29 is 38.5 Å². The minimum absolute atomic E-state index is 0.0787. The van der Waals surface area contributed by atoms with Crippen LogP contribution in [0.15, 0.2) is 12.1 Å². The highest BCUT2D eigenvalue weighted by Crippen LogP contribution is 2.65. The van der Waals surface area contributed by atoms with Crippen molar-refractivity contribution in [2.75, 3.05) is 32.3 Å². The van der Waals surface area contributed by atoms with E-state index in [1.165, 1.54) is 7.11 Å². The molecule has 1 aromatic rings. The smallest absolute Gasteiger partial charge is 0.290 e. The lowest BCUT2D eigenvalue weighted by atomic mass is 9.54. The van der Waals surface area contributed by atoms with E-state index in [0.29, 0.717) is 36.6 Å². The summed E-state index contributed by atoms with van der Waals surface area (Å²) in [6, 6.07) is 3.01. The molecule has 4 aliphatic heterocycles. The van der Waals surface area contributed by atoms with Gasteiger partial charge in [-0.15, -0.1) is 0 Å². The van der Waals surface area contributed by atoms with Crippen LogP contribution >= 0.6 is 0 Å². The summed E-state index contributed by atoms with van der Waals surface area (Å²) in [5.74, 6) is -2.70. The topological polar surface area (TPSA) is 126 Å². The van der Waals surface area contributed by atoms with Crippen molar-refractivity contribution in [1.82, 2.24) is 4.90 Å². The maximum atomic E-state index is 13.5. The molecule has 1 spiro atoms. The summed E-state index contributed by atoms with van der Waals surface area (Å²) in [4.78, 5) is 54.1. The predicted molar refractivity (Wildman–Crippen MR) is 109 cm³/mol. The molecule has 174 valence electrons. The number of carbonyl (C=O) groups excluding carboxylic acids is 4. The van der Waals surface area contributed by atoms with Gasteiger partial charge in [0, 0.05) is 35.9 Å². The number of Topliss-reactive ketones (excluding diaryl/α,β-unsaturated/α-hetero) is 1. The summed E-state index contributed by atoms with van der Waals surface area (Å²) >= 11 is 0. The Hall–Kier alpha value is -3.14. The highest BCUT2D eigenvalue weighted by Gasteiger charge is 2.73. The third-order valence-electron chi connectivity index (χ3n) is 8.41. The molecule has 1 aliphatic carbocycles. The van der Waals surface area contributed by atoms with Crippen LogP contribution in [0.1, 0.15) is 24.8 Å². The van der Waals surface area contributed by atoms with Crippen molar-refractivity contribution in [2.45, 2.75) is 42.9 Å². The van der Waals surface area contributed by atoms with Crippen molar-refractivity contribution >= 4 is 29.3 Å². The van der Waals surface area contributed by atoms with Gasteiger partial charge in [0.05, 0.1) is 51.0 Å². The zero-order chi connectivity index (χ0) is 23.2. The number of rotatable bonds is 5. The van der Waals surface area contributed by atoms with Crippen molar-refractivity contribution in [3.05, 3.63) is 17.7 Å². The van der Waals surface area contributed by atoms with Gasteiger partial charge in [-0.2, -0.15) is 0 Å². The Morgan fingerprint density at radius 2 is 1.91 bits per heavy atom. The number of piperidine rings is 2. The number of fused-ring (bicyclic) bond motifs is 4. The van der Waals surface area contributed by atoms with Gasteiger partial charge in [0.25, 0.3) is 5.91 Å². The van der Waals surface area contributed by atoms with Gasteiger partial charge >= 0.3 is 0 Å².